The van der Waals surface area contributed by atoms with Crippen LogP contribution in [-0.4, -0.2) is 30.2 Å². The van der Waals surface area contributed by atoms with Crippen molar-refractivity contribution in [3.8, 4) is 5.75 Å². The van der Waals surface area contributed by atoms with E-state index in [1.165, 1.54) is 5.56 Å². The molecule has 128 valence electrons. The van der Waals surface area contributed by atoms with Gasteiger partial charge in [0, 0.05) is 17.8 Å². The van der Waals surface area contributed by atoms with E-state index in [0.29, 0.717) is 29.2 Å². The Morgan fingerprint density at radius 3 is 2.33 bits per heavy atom. The molecule has 0 bridgehead atoms. The highest BCUT2D eigenvalue weighted by Crippen LogP contribution is 2.18. The van der Waals surface area contributed by atoms with Crippen molar-refractivity contribution < 1.29 is 4.74 Å². The van der Waals surface area contributed by atoms with Crippen molar-refractivity contribution in [2.75, 3.05) is 25.5 Å². The Bertz CT molecular complexity index is 656. The van der Waals surface area contributed by atoms with Crippen LogP contribution in [0.4, 0.5) is 5.69 Å². The minimum absolute atomic E-state index is 0.527. The quantitative estimate of drug-likeness (QED) is 0.716. The first-order valence-electron chi connectivity index (χ1n) is 7.96. The van der Waals surface area contributed by atoms with Gasteiger partial charge in [-0.15, -0.1) is 0 Å². The molecule has 0 unspecified atom stereocenters. The second kappa shape index (κ2) is 8.90. The Kier molecular flexibility index (Phi) is 6.88. The van der Waals surface area contributed by atoms with Crippen LogP contribution in [-0.2, 0) is 0 Å². The second-order valence-corrected chi connectivity index (χ2v) is 6.75. The van der Waals surface area contributed by atoms with Gasteiger partial charge in [-0.25, -0.2) is 0 Å². The maximum Gasteiger partial charge on any atom is 0.173 e. The summed E-state index contributed by atoms with van der Waals surface area (Å²) in [6.45, 7) is 5.61. The zero-order chi connectivity index (χ0) is 17.5. The molecule has 5 heteroatoms. The van der Waals surface area contributed by atoms with E-state index in [1.54, 1.807) is 0 Å². The van der Waals surface area contributed by atoms with E-state index in [2.05, 4.69) is 43.4 Å². The predicted molar refractivity (Wildman–Crippen MR) is 106 cm³/mol. The van der Waals surface area contributed by atoms with E-state index in [1.807, 2.05) is 36.2 Å². The summed E-state index contributed by atoms with van der Waals surface area (Å²) in [6.07, 6.45) is 0. The molecule has 0 aliphatic heterocycles. The molecule has 0 aliphatic carbocycles. The summed E-state index contributed by atoms with van der Waals surface area (Å²) in [6, 6.07) is 15.7. The standard InChI is InChI=1S/C19H23ClN2OS/c1-14(2)15-4-8-17(9-5-15)21-19(24)22(3)12-13-23-18-10-6-16(20)7-11-18/h4-11,14H,12-13H2,1-3H3,(H,21,24). The van der Waals surface area contributed by atoms with Crippen molar-refractivity contribution in [3.63, 3.8) is 0 Å². The number of nitrogens with one attached hydrogen (secondary N) is 1. The van der Waals surface area contributed by atoms with Crippen molar-refractivity contribution in [2.24, 2.45) is 0 Å². The number of halogens is 1. The van der Waals surface area contributed by atoms with E-state index >= 15 is 0 Å². The molecule has 0 saturated heterocycles. The van der Waals surface area contributed by atoms with Crippen LogP contribution in [0.15, 0.2) is 48.5 Å². The predicted octanol–water partition coefficient (Wildman–Crippen LogP) is 5.17. The minimum atomic E-state index is 0.527. The van der Waals surface area contributed by atoms with Crippen molar-refractivity contribution in [3.05, 3.63) is 59.1 Å². The van der Waals surface area contributed by atoms with Gasteiger partial charge in [-0.3, -0.25) is 0 Å². The van der Waals surface area contributed by atoms with Crippen LogP contribution < -0.4 is 10.1 Å². The van der Waals surface area contributed by atoms with Gasteiger partial charge in [0.05, 0.1) is 6.54 Å². The van der Waals surface area contributed by atoms with Crippen molar-refractivity contribution in [2.45, 2.75) is 19.8 Å². The Labute approximate surface area is 154 Å². The SMILES string of the molecule is CC(C)c1ccc(NC(=S)N(C)CCOc2ccc(Cl)cc2)cc1. The lowest BCUT2D eigenvalue weighted by Crippen LogP contribution is -2.34. The molecule has 2 rings (SSSR count). The van der Waals surface area contributed by atoms with Crippen LogP contribution in [0.25, 0.3) is 0 Å². The summed E-state index contributed by atoms with van der Waals surface area (Å²) in [4.78, 5) is 1.96. The van der Waals surface area contributed by atoms with E-state index in [-0.39, 0.29) is 0 Å². The van der Waals surface area contributed by atoms with E-state index in [9.17, 15) is 0 Å². The Balaban J connectivity index is 1.78. The molecule has 0 saturated carbocycles. The Morgan fingerprint density at radius 1 is 1.12 bits per heavy atom. The topological polar surface area (TPSA) is 24.5 Å². The lowest BCUT2D eigenvalue weighted by Gasteiger charge is -2.21. The fraction of sp³-hybridized carbons (Fsp3) is 0.316. The third-order valence-electron chi connectivity index (χ3n) is 3.68. The highest BCUT2D eigenvalue weighted by molar-refractivity contribution is 7.80. The molecule has 0 spiro atoms. The van der Waals surface area contributed by atoms with Gasteiger partial charge in [0.15, 0.2) is 5.11 Å². The summed E-state index contributed by atoms with van der Waals surface area (Å²) in [5.41, 5.74) is 2.31. The molecular formula is C19H23ClN2OS. The van der Waals surface area contributed by atoms with Crippen LogP contribution in [0.2, 0.25) is 5.02 Å². The Hall–Kier alpha value is -1.78. The fourth-order valence-corrected chi connectivity index (χ4v) is 2.44. The number of hydrogen-bond donors (Lipinski definition) is 1. The Morgan fingerprint density at radius 2 is 1.75 bits per heavy atom. The maximum atomic E-state index is 5.85. The number of nitrogens with zero attached hydrogens (tertiary/aromatic N) is 1. The highest BCUT2D eigenvalue weighted by atomic mass is 35.5. The molecule has 0 heterocycles. The number of thiocarbonyl (C=S) groups is 1. The van der Waals surface area contributed by atoms with Crippen molar-refractivity contribution in [1.29, 1.82) is 0 Å². The third kappa shape index (κ3) is 5.69. The van der Waals surface area contributed by atoms with Crippen LogP contribution in [0, 0.1) is 0 Å². The molecule has 24 heavy (non-hydrogen) atoms. The molecule has 0 aromatic heterocycles. The van der Waals surface area contributed by atoms with Crippen LogP contribution >= 0.6 is 23.8 Å². The monoisotopic (exact) mass is 362 g/mol. The van der Waals surface area contributed by atoms with Crippen LogP contribution in [0.1, 0.15) is 25.3 Å². The fourth-order valence-electron chi connectivity index (χ4n) is 2.10. The van der Waals surface area contributed by atoms with Crippen molar-refractivity contribution in [1.82, 2.24) is 4.90 Å². The van der Waals surface area contributed by atoms with E-state index in [0.717, 1.165) is 11.4 Å². The second-order valence-electron chi connectivity index (χ2n) is 5.93. The number of likely N-dealkylation sites (N-methyl/N-ethyl adjacent to an activating group) is 1. The van der Waals surface area contributed by atoms with Crippen LogP contribution in [0.3, 0.4) is 0 Å². The number of hydrogen-bond acceptors (Lipinski definition) is 2. The first-order valence-corrected chi connectivity index (χ1v) is 8.75. The first-order chi connectivity index (χ1) is 11.5. The first kappa shape index (κ1) is 18.6. The van der Waals surface area contributed by atoms with Gasteiger partial charge in [0.1, 0.15) is 12.4 Å². The molecule has 3 nitrogen and oxygen atoms in total. The zero-order valence-corrected chi connectivity index (χ0v) is 15.8. The zero-order valence-electron chi connectivity index (χ0n) is 14.3. The largest absolute Gasteiger partial charge is 0.492 e. The molecule has 0 radical (unpaired) electrons. The van der Waals surface area contributed by atoms with Gasteiger partial charge in [0.2, 0.25) is 0 Å². The van der Waals surface area contributed by atoms with E-state index in [4.69, 9.17) is 28.6 Å². The summed E-state index contributed by atoms with van der Waals surface area (Å²) in [7, 11) is 1.95. The molecule has 2 aromatic carbocycles. The number of ether oxygens (including phenoxy) is 1. The molecular weight excluding hydrogens is 340 g/mol. The molecule has 0 atom stereocenters. The smallest absolute Gasteiger partial charge is 0.173 e. The van der Waals surface area contributed by atoms with Gasteiger partial charge in [-0.05, 0) is 60.1 Å². The summed E-state index contributed by atoms with van der Waals surface area (Å²) >= 11 is 11.3. The lowest BCUT2D eigenvalue weighted by molar-refractivity contribution is 0.285. The molecule has 1 N–H and O–H groups in total. The average molecular weight is 363 g/mol. The van der Waals surface area contributed by atoms with E-state index < -0.39 is 0 Å². The molecule has 0 fully saturated rings. The minimum Gasteiger partial charge on any atom is -0.492 e. The summed E-state index contributed by atoms with van der Waals surface area (Å²) in [5.74, 6) is 1.33. The van der Waals surface area contributed by atoms with Crippen LogP contribution in [0.5, 0.6) is 5.75 Å². The van der Waals surface area contributed by atoms with Gasteiger partial charge in [0.25, 0.3) is 0 Å². The average Bonchev–Trinajstić information content (AvgIpc) is 2.57. The molecule has 2 aromatic rings. The normalized spacial score (nSPS) is 10.5. The molecule has 0 amide bonds. The lowest BCUT2D eigenvalue weighted by atomic mass is 10.0. The maximum absolute atomic E-state index is 5.85. The number of benzene rings is 2. The third-order valence-corrected chi connectivity index (χ3v) is 4.35. The van der Waals surface area contributed by atoms with Gasteiger partial charge < -0.3 is 15.0 Å². The number of rotatable bonds is 6. The van der Waals surface area contributed by atoms with Gasteiger partial charge >= 0.3 is 0 Å². The molecule has 0 aliphatic rings. The summed E-state index contributed by atoms with van der Waals surface area (Å²) in [5, 5.41) is 4.62. The van der Waals surface area contributed by atoms with Gasteiger partial charge in [-0.2, -0.15) is 0 Å². The number of anilines is 1. The highest BCUT2D eigenvalue weighted by Gasteiger charge is 2.06. The summed E-state index contributed by atoms with van der Waals surface area (Å²) < 4.78 is 5.69. The van der Waals surface area contributed by atoms with Crippen molar-refractivity contribution >= 4 is 34.6 Å². The van der Waals surface area contributed by atoms with Gasteiger partial charge in [-0.1, -0.05) is 37.6 Å².